The number of hydrogen-bond donors (Lipinski definition) is 1. The summed E-state index contributed by atoms with van der Waals surface area (Å²) in [7, 11) is 1.93. The minimum atomic E-state index is 0. The highest BCUT2D eigenvalue weighted by Crippen LogP contribution is 2.47. The van der Waals surface area contributed by atoms with E-state index < -0.39 is 0 Å². The van der Waals surface area contributed by atoms with Crippen LogP contribution in [0.15, 0.2) is 16.4 Å². The number of likely N-dealkylation sites (tertiary alicyclic amines) is 1. The van der Waals surface area contributed by atoms with Gasteiger partial charge < -0.3 is 10.2 Å². The number of rotatable bonds is 3. The molecule has 0 aromatic carbocycles. The Balaban J connectivity index is 0.00000182. The number of aliphatic imine (C=N–C) groups is 1. The minimum absolute atomic E-state index is 0. The van der Waals surface area contributed by atoms with Crippen LogP contribution >= 0.6 is 35.3 Å². The molecule has 3 aliphatic rings. The lowest BCUT2D eigenvalue weighted by Gasteiger charge is -2.38. The van der Waals surface area contributed by atoms with E-state index in [1.54, 1.807) is 4.88 Å². The van der Waals surface area contributed by atoms with Crippen molar-refractivity contribution in [1.29, 1.82) is 0 Å². The highest BCUT2D eigenvalue weighted by molar-refractivity contribution is 14.0. The molecule has 1 saturated heterocycles. The maximum atomic E-state index is 4.55. The van der Waals surface area contributed by atoms with Crippen LogP contribution in [-0.2, 0) is 13.0 Å². The first kappa shape index (κ1) is 19.4. The Hall–Kier alpha value is -0.340. The summed E-state index contributed by atoms with van der Waals surface area (Å²) < 4.78 is 0. The smallest absolute Gasteiger partial charge is 0.193 e. The number of guanidine groups is 1. The first-order valence-corrected chi connectivity index (χ1v) is 10.3. The molecule has 1 spiro atoms. The van der Waals surface area contributed by atoms with Crippen LogP contribution in [0.25, 0.3) is 0 Å². The second-order valence-electron chi connectivity index (χ2n) is 7.89. The van der Waals surface area contributed by atoms with Crippen molar-refractivity contribution in [2.24, 2.45) is 10.4 Å². The molecule has 1 saturated carbocycles. The van der Waals surface area contributed by atoms with Gasteiger partial charge in [-0.05, 0) is 55.0 Å². The van der Waals surface area contributed by atoms with Gasteiger partial charge in [-0.25, -0.2) is 0 Å². The standard InChI is InChI=1S/C19H30N4S.HI/c1-15(22-9-4-17-16(13-22)5-11-24-17)12-21-18(20-2)23-10-8-19(14-23)6-3-7-19;/h5,11,15H,3-4,6-10,12-14H2,1-2H3,(H,20,21);1H. The van der Waals surface area contributed by atoms with Crippen molar-refractivity contribution < 1.29 is 0 Å². The van der Waals surface area contributed by atoms with E-state index in [9.17, 15) is 0 Å². The van der Waals surface area contributed by atoms with Gasteiger partial charge in [-0.2, -0.15) is 0 Å². The lowest BCUT2D eigenvalue weighted by molar-refractivity contribution is 0.151. The Kier molecular flexibility index (Phi) is 6.31. The molecule has 6 heteroatoms. The second kappa shape index (κ2) is 8.13. The molecule has 1 atom stereocenters. The molecule has 4 rings (SSSR count). The van der Waals surface area contributed by atoms with Crippen LogP contribution in [0.2, 0.25) is 0 Å². The molecule has 1 aliphatic carbocycles. The molecule has 25 heavy (non-hydrogen) atoms. The van der Waals surface area contributed by atoms with Crippen LogP contribution in [-0.4, -0.2) is 55.0 Å². The first-order chi connectivity index (χ1) is 11.7. The zero-order chi connectivity index (χ0) is 16.6. The number of nitrogens with one attached hydrogen (secondary N) is 1. The van der Waals surface area contributed by atoms with Crippen LogP contribution in [0.3, 0.4) is 0 Å². The van der Waals surface area contributed by atoms with Gasteiger partial charge in [0.15, 0.2) is 5.96 Å². The Labute approximate surface area is 173 Å². The maximum Gasteiger partial charge on any atom is 0.193 e. The summed E-state index contributed by atoms with van der Waals surface area (Å²) >= 11 is 1.92. The molecule has 1 aromatic rings. The molecule has 0 amide bonds. The monoisotopic (exact) mass is 474 g/mol. The van der Waals surface area contributed by atoms with Crippen LogP contribution in [0.1, 0.15) is 43.0 Å². The van der Waals surface area contributed by atoms with Crippen molar-refractivity contribution in [3.05, 3.63) is 21.9 Å². The SMILES string of the molecule is CN=C(NCC(C)N1CCc2sccc2C1)N1CCC2(CCC2)C1.I. The number of fused-ring (bicyclic) bond motifs is 1. The molecule has 1 N–H and O–H groups in total. The highest BCUT2D eigenvalue weighted by Gasteiger charge is 2.43. The van der Waals surface area contributed by atoms with Crippen LogP contribution in [0.4, 0.5) is 0 Å². The van der Waals surface area contributed by atoms with Gasteiger partial charge in [0.25, 0.3) is 0 Å². The molecule has 140 valence electrons. The van der Waals surface area contributed by atoms with Crippen molar-refractivity contribution in [2.75, 3.05) is 33.2 Å². The third-order valence-corrected chi connectivity index (χ3v) is 7.40. The van der Waals surface area contributed by atoms with E-state index in [1.165, 1.54) is 57.3 Å². The lowest BCUT2D eigenvalue weighted by Crippen LogP contribution is -2.48. The molecular weight excluding hydrogens is 443 g/mol. The zero-order valence-electron chi connectivity index (χ0n) is 15.5. The lowest BCUT2D eigenvalue weighted by atomic mass is 9.68. The van der Waals surface area contributed by atoms with Crippen molar-refractivity contribution in [2.45, 2.75) is 51.6 Å². The van der Waals surface area contributed by atoms with Gasteiger partial charge in [0.1, 0.15) is 0 Å². The average molecular weight is 474 g/mol. The summed E-state index contributed by atoms with van der Waals surface area (Å²) in [5.74, 6) is 1.11. The first-order valence-electron chi connectivity index (χ1n) is 9.44. The Morgan fingerprint density at radius 2 is 2.20 bits per heavy atom. The number of halogens is 1. The molecular formula is C19H31IN4S. The van der Waals surface area contributed by atoms with E-state index in [0.717, 1.165) is 19.0 Å². The van der Waals surface area contributed by atoms with E-state index in [2.05, 4.69) is 38.5 Å². The molecule has 2 aliphatic heterocycles. The van der Waals surface area contributed by atoms with Gasteiger partial charge in [-0.3, -0.25) is 9.89 Å². The zero-order valence-corrected chi connectivity index (χ0v) is 18.6. The predicted octanol–water partition coefficient (Wildman–Crippen LogP) is 3.56. The minimum Gasteiger partial charge on any atom is -0.355 e. The number of hydrogen-bond acceptors (Lipinski definition) is 3. The summed E-state index contributed by atoms with van der Waals surface area (Å²) in [6.07, 6.45) is 6.84. The third kappa shape index (κ3) is 4.00. The highest BCUT2D eigenvalue weighted by atomic mass is 127. The quantitative estimate of drug-likeness (QED) is 0.413. The molecule has 1 unspecified atom stereocenters. The van der Waals surface area contributed by atoms with Crippen LogP contribution in [0, 0.1) is 5.41 Å². The Morgan fingerprint density at radius 1 is 1.36 bits per heavy atom. The molecule has 1 aromatic heterocycles. The summed E-state index contributed by atoms with van der Waals surface area (Å²) in [6, 6.07) is 2.84. The Morgan fingerprint density at radius 3 is 2.88 bits per heavy atom. The number of nitrogens with zero attached hydrogens (tertiary/aromatic N) is 3. The molecule has 4 nitrogen and oxygen atoms in total. The molecule has 0 radical (unpaired) electrons. The van der Waals surface area contributed by atoms with Crippen LogP contribution in [0.5, 0.6) is 0 Å². The van der Waals surface area contributed by atoms with E-state index >= 15 is 0 Å². The second-order valence-corrected chi connectivity index (χ2v) is 8.89. The third-order valence-electron chi connectivity index (χ3n) is 6.38. The van der Waals surface area contributed by atoms with E-state index in [0.29, 0.717) is 11.5 Å². The van der Waals surface area contributed by atoms with Crippen molar-refractivity contribution in [1.82, 2.24) is 15.1 Å². The van der Waals surface area contributed by atoms with Gasteiger partial charge in [0.05, 0.1) is 0 Å². The summed E-state index contributed by atoms with van der Waals surface area (Å²) in [5, 5.41) is 5.89. The summed E-state index contributed by atoms with van der Waals surface area (Å²) in [5.41, 5.74) is 2.17. The average Bonchev–Trinajstić information content (AvgIpc) is 3.21. The normalized spacial score (nSPS) is 23.8. The molecule has 0 bridgehead atoms. The van der Waals surface area contributed by atoms with Gasteiger partial charge in [0, 0.05) is 50.7 Å². The van der Waals surface area contributed by atoms with Crippen molar-refractivity contribution in [3.8, 4) is 0 Å². The van der Waals surface area contributed by atoms with Gasteiger partial charge in [0.2, 0.25) is 0 Å². The largest absolute Gasteiger partial charge is 0.355 e. The van der Waals surface area contributed by atoms with Crippen LogP contribution < -0.4 is 5.32 Å². The van der Waals surface area contributed by atoms with Crippen molar-refractivity contribution in [3.63, 3.8) is 0 Å². The fourth-order valence-electron chi connectivity index (χ4n) is 4.55. The van der Waals surface area contributed by atoms with Gasteiger partial charge >= 0.3 is 0 Å². The van der Waals surface area contributed by atoms with Crippen molar-refractivity contribution >= 4 is 41.3 Å². The van der Waals surface area contributed by atoms with E-state index in [4.69, 9.17) is 0 Å². The van der Waals surface area contributed by atoms with Gasteiger partial charge in [-0.1, -0.05) is 6.42 Å². The van der Waals surface area contributed by atoms with E-state index in [-0.39, 0.29) is 24.0 Å². The summed E-state index contributed by atoms with van der Waals surface area (Å²) in [6.45, 7) is 8.00. The summed E-state index contributed by atoms with van der Waals surface area (Å²) in [4.78, 5) is 11.2. The molecule has 3 heterocycles. The predicted molar refractivity (Wildman–Crippen MR) is 117 cm³/mol. The molecule has 2 fully saturated rings. The Bertz CT molecular complexity index is 610. The fraction of sp³-hybridized carbons (Fsp3) is 0.737. The fourth-order valence-corrected chi connectivity index (χ4v) is 5.44. The number of thiophene rings is 1. The van der Waals surface area contributed by atoms with Gasteiger partial charge in [-0.15, -0.1) is 35.3 Å². The van der Waals surface area contributed by atoms with E-state index in [1.807, 2.05) is 18.4 Å². The maximum absolute atomic E-state index is 4.55. The topological polar surface area (TPSA) is 30.9 Å².